The van der Waals surface area contributed by atoms with Crippen LogP contribution in [0, 0.1) is 0 Å². The van der Waals surface area contributed by atoms with Crippen molar-refractivity contribution in [2.75, 3.05) is 7.11 Å². The quantitative estimate of drug-likeness (QED) is 0.407. The minimum absolute atomic E-state index is 0.243. The number of nitrogens with one attached hydrogen (secondary N) is 2. The first-order valence-electron chi connectivity index (χ1n) is 8.08. The van der Waals surface area contributed by atoms with Crippen molar-refractivity contribution >= 4 is 22.9 Å². The van der Waals surface area contributed by atoms with E-state index >= 15 is 0 Å². The molecule has 0 aliphatic heterocycles. The first-order valence-corrected chi connectivity index (χ1v) is 8.08. The van der Waals surface area contributed by atoms with E-state index in [2.05, 4.69) is 22.4 Å². The van der Waals surface area contributed by atoms with E-state index in [9.17, 15) is 4.79 Å². The standard InChI is InChI=1S/C21H20N2O2/c1-25-20(21(24)22-15-16-8-3-2-4-9-16)13-7-11-18-14-17-10-5-6-12-19(17)23-18/h2-14,23H,15H2,1H3,(H,22,24)/b11-7+,20-13+. The summed E-state index contributed by atoms with van der Waals surface area (Å²) in [6, 6.07) is 19.9. The van der Waals surface area contributed by atoms with Gasteiger partial charge in [0.1, 0.15) is 0 Å². The number of benzene rings is 2. The van der Waals surface area contributed by atoms with E-state index in [-0.39, 0.29) is 11.7 Å². The lowest BCUT2D eigenvalue weighted by molar-refractivity contribution is -0.120. The van der Waals surface area contributed by atoms with Crippen molar-refractivity contribution in [2.45, 2.75) is 6.54 Å². The summed E-state index contributed by atoms with van der Waals surface area (Å²) in [5, 5.41) is 4.00. The number of ether oxygens (including phenoxy) is 1. The molecule has 0 radical (unpaired) electrons. The van der Waals surface area contributed by atoms with E-state index in [0.717, 1.165) is 22.2 Å². The van der Waals surface area contributed by atoms with Gasteiger partial charge in [-0.2, -0.15) is 0 Å². The summed E-state index contributed by atoms with van der Waals surface area (Å²) in [5.41, 5.74) is 3.09. The molecule has 126 valence electrons. The molecule has 25 heavy (non-hydrogen) atoms. The lowest BCUT2D eigenvalue weighted by atomic mass is 10.2. The monoisotopic (exact) mass is 332 g/mol. The number of H-pyrrole nitrogens is 1. The number of rotatable bonds is 6. The number of methoxy groups -OCH3 is 1. The van der Waals surface area contributed by atoms with Crippen molar-refractivity contribution in [3.8, 4) is 0 Å². The molecule has 2 N–H and O–H groups in total. The zero-order valence-electron chi connectivity index (χ0n) is 14.0. The predicted octanol–water partition coefficient (Wildman–Crippen LogP) is 4.03. The molecule has 0 bridgehead atoms. The Morgan fingerprint density at radius 3 is 2.64 bits per heavy atom. The first-order chi connectivity index (χ1) is 12.3. The van der Waals surface area contributed by atoms with E-state index < -0.39 is 0 Å². The van der Waals surface area contributed by atoms with E-state index in [1.54, 1.807) is 12.2 Å². The van der Waals surface area contributed by atoms with Crippen LogP contribution in [-0.4, -0.2) is 18.0 Å². The number of carbonyl (C=O) groups is 1. The molecule has 4 heteroatoms. The molecule has 0 saturated carbocycles. The third-order valence-electron chi connectivity index (χ3n) is 3.81. The number of aromatic nitrogens is 1. The molecular formula is C21H20N2O2. The highest BCUT2D eigenvalue weighted by Crippen LogP contribution is 2.15. The zero-order chi connectivity index (χ0) is 17.5. The van der Waals surface area contributed by atoms with Gasteiger partial charge < -0.3 is 15.0 Å². The molecule has 4 nitrogen and oxygen atoms in total. The molecular weight excluding hydrogens is 312 g/mol. The summed E-state index contributed by atoms with van der Waals surface area (Å²) < 4.78 is 5.19. The van der Waals surface area contributed by atoms with Crippen LogP contribution >= 0.6 is 0 Å². The lowest BCUT2D eigenvalue weighted by Crippen LogP contribution is -2.25. The minimum Gasteiger partial charge on any atom is -0.491 e. The maximum atomic E-state index is 12.2. The topological polar surface area (TPSA) is 54.1 Å². The molecule has 1 heterocycles. The molecule has 0 unspecified atom stereocenters. The molecule has 0 spiro atoms. The zero-order valence-corrected chi connectivity index (χ0v) is 14.0. The molecule has 1 aromatic heterocycles. The van der Waals surface area contributed by atoms with E-state index in [1.807, 2.05) is 54.6 Å². The molecule has 3 rings (SSSR count). The van der Waals surface area contributed by atoms with Gasteiger partial charge in [0.15, 0.2) is 5.76 Å². The number of allylic oxidation sites excluding steroid dienone is 2. The number of hydrogen-bond donors (Lipinski definition) is 2. The fraction of sp³-hybridized carbons (Fsp3) is 0.0952. The second-order valence-electron chi connectivity index (χ2n) is 5.57. The molecule has 0 aliphatic rings. The molecule has 0 saturated heterocycles. The summed E-state index contributed by atoms with van der Waals surface area (Å²) in [7, 11) is 1.49. The summed E-state index contributed by atoms with van der Waals surface area (Å²) in [5.74, 6) is 0.0240. The van der Waals surface area contributed by atoms with Crippen LogP contribution in [0.5, 0.6) is 0 Å². The van der Waals surface area contributed by atoms with Gasteiger partial charge in [-0.25, -0.2) is 0 Å². The molecule has 0 aliphatic carbocycles. The Bertz CT molecular complexity index is 875. The number of hydrogen-bond acceptors (Lipinski definition) is 2. The number of para-hydroxylation sites is 1. The molecule has 3 aromatic rings. The largest absolute Gasteiger partial charge is 0.491 e. The van der Waals surface area contributed by atoms with Crippen molar-refractivity contribution in [3.63, 3.8) is 0 Å². The average Bonchev–Trinajstić information content (AvgIpc) is 3.07. The number of fused-ring (bicyclic) bond motifs is 1. The van der Waals surface area contributed by atoms with Crippen molar-refractivity contribution in [3.05, 3.63) is 89.8 Å². The Kier molecular flexibility index (Phi) is 5.32. The second kappa shape index (κ2) is 8.02. The summed E-state index contributed by atoms with van der Waals surface area (Å²) in [6.07, 6.45) is 5.36. The van der Waals surface area contributed by atoms with Crippen molar-refractivity contribution in [1.29, 1.82) is 0 Å². The Balaban J connectivity index is 1.64. The summed E-state index contributed by atoms with van der Waals surface area (Å²) in [6.45, 7) is 0.464. The van der Waals surface area contributed by atoms with Crippen LogP contribution in [0.15, 0.2) is 78.6 Å². The highest BCUT2D eigenvalue weighted by Gasteiger charge is 2.08. The van der Waals surface area contributed by atoms with Gasteiger partial charge in [0.25, 0.3) is 5.91 Å². The number of aromatic amines is 1. The first kappa shape index (κ1) is 16.6. The maximum absolute atomic E-state index is 12.2. The summed E-state index contributed by atoms with van der Waals surface area (Å²) >= 11 is 0. The van der Waals surface area contributed by atoms with E-state index in [0.29, 0.717) is 6.54 Å². The fourth-order valence-electron chi connectivity index (χ4n) is 2.53. The van der Waals surface area contributed by atoms with Gasteiger partial charge >= 0.3 is 0 Å². The van der Waals surface area contributed by atoms with Gasteiger partial charge in [0.05, 0.1) is 7.11 Å². The van der Waals surface area contributed by atoms with E-state index in [4.69, 9.17) is 4.74 Å². The Labute approximate surface area is 146 Å². The third kappa shape index (κ3) is 4.38. The van der Waals surface area contributed by atoms with Crippen LogP contribution in [0.3, 0.4) is 0 Å². The van der Waals surface area contributed by atoms with Gasteiger partial charge in [-0.3, -0.25) is 4.79 Å². The van der Waals surface area contributed by atoms with Crippen LogP contribution in [-0.2, 0) is 16.1 Å². The maximum Gasteiger partial charge on any atom is 0.286 e. The number of amides is 1. The SMILES string of the molecule is CO/C(=C/C=C/c1cc2ccccc2[nH]1)C(=O)NCc1ccccc1. The van der Waals surface area contributed by atoms with Crippen LogP contribution in [0.4, 0.5) is 0 Å². The van der Waals surface area contributed by atoms with Gasteiger partial charge in [-0.05, 0) is 35.2 Å². The highest BCUT2D eigenvalue weighted by atomic mass is 16.5. The molecule has 1 amide bonds. The van der Waals surface area contributed by atoms with Crippen LogP contribution in [0.1, 0.15) is 11.3 Å². The Hall–Kier alpha value is -3.27. The van der Waals surface area contributed by atoms with Gasteiger partial charge in [-0.15, -0.1) is 0 Å². The van der Waals surface area contributed by atoms with Gasteiger partial charge in [0, 0.05) is 17.8 Å². The van der Waals surface area contributed by atoms with Gasteiger partial charge in [-0.1, -0.05) is 54.6 Å². The van der Waals surface area contributed by atoms with Crippen LogP contribution in [0.25, 0.3) is 17.0 Å². The summed E-state index contributed by atoms with van der Waals surface area (Å²) in [4.78, 5) is 15.5. The predicted molar refractivity (Wildman–Crippen MR) is 101 cm³/mol. The molecule has 2 aromatic carbocycles. The Morgan fingerprint density at radius 2 is 1.88 bits per heavy atom. The fourth-order valence-corrected chi connectivity index (χ4v) is 2.53. The van der Waals surface area contributed by atoms with Crippen molar-refractivity contribution < 1.29 is 9.53 Å². The Morgan fingerprint density at radius 1 is 1.12 bits per heavy atom. The van der Waals surface area contributed by atoms with Crippen LogP contribution < -0.4 is 5.32 Å². The molecule has 0 fully saturated rings. The number of carbonyl (C=O) groups excluding carboxylic acids is 1. The highest BCUT2D eigenvalue weighted by molar-refractivity contribution is 5.91. The average molecular weight is 332 g/mol. The van der Waals surface area contributed by atoms with Gasteiger partial charge in [0.2, 0.25) is 0 Å². The second-order valence-corrected chi connectivity index (χ2v) is 5.57. The lowest BCUT2D eigenvalue weighted by Gasteiger charge is -2.07. The smallest absolute Gasteiger partial charge is 0.286 e. The third-order valence-corrected chi connectivity index (χ3v) is 3.81. The normalized spacial score (nSPS) is 11.8. The van der Waals surface area contributed by atoms with E-state index in [1.165, 1.54) is 7.11 Å². The van der Waals surface area contributed by atoms with Crippen LogP contribution in [0.2, 0.25) is 0 Å². The van der Waals surface area contributed by atoms with Crippen molar-refractivity contribution in [2.24, 2.45) is 0 Å². The molecule has 0 atom stereocenters. The van der Waals surface area contributed by atoms with Crippen molar-refractivity contribution in [1.82, 2.24) is 10.3 Å². The minimum atomic E-state index is -0.243.